The number of carbonyl (C=O) groups excluding carboxylic acids is 2. The fourth-order valence-electron chi connectivity index (χ4n) is 4.34. The average Bonchev–Trinajstić information content (AvgIpc) is 3.29. The van der Waals surface area contributed by atoms with Gasteiger partial charge in [-0.15, -0.1) is 0 Å². The molecule has 2 aromatic carbocycles. The molecule has 1 fully saturated rings. The van der Waals surface area contributed by atoms with Crippen molar-refractivity contribution in [3.63, 3.8) is 0 Å². The number of ether oxygens (including phenoxy) is 1. The van der Waals surface area contributed by atoms with Crippen molar-refractivity contribution in [3.8, 4) is 5.75 Å². The van der Waals surface area contributed by atoms with Crippen LogP contribution in [0.5, 0.6) is 5.75 Å². The number of benzene rings is 2. The number of nitrogens with zero attached hydrogens (tertiary/aromatic N) is 1. The molecular formula is C27H36N2O3. The Balaban J connectivity index is 1.69. The molecule has 1 saturated carbocycles. The minimum absolute atomic E-state index is 0.0825. The Morgan fingerprint density at radius 1 is 1.09 bits per heavy atom. The average molecular weight is 437 g/mol. The predicted octanol–water partition coefficient (Wildman–Crippen LogP) is 4.51. The summed E-state index contributed by atoms with van der Waals surface area (Å²) < 4.78 is 5.93. The molecule has 1 aliphatic rings. The quantitative estimate of drug-likeness (QED) is 0.629. The van der Waals surface area contributed by atoms with E-state index in [0.29, 0.717) is 13.0 Å². The van der Waals surface area contributed by atoms with Crippen LogP contribution in [-0.2, 0) is 16.0 Å². The van der Waals surface area contributed by atoms with E-state index < -0.39 is 6.04 Å². The van der Waals surface area contributed by atoms with E-state index in [0.717, 1.165) is 53.7 Å². The third-order valence-corrected chi connectivity index (χ3v) is 6.47. The van der Waals surface area contributed by atoms with Crippen LogP contribution in [0.4, 0.5) is 0 Å². The first-order valence-electron chi connectivity index (χ1n) is 11.7. The SMILES string of the molecule is Cc1cc(C)c(C)c(OCC(=O)N(CCc2ccccc2)[C@H](C)C(=O)NC2CCCC2)c1. The number of carbonyl (C=O) groups is 2. The number of amides is 2. The van der Waals surface area contributed by atoms with Crippen molar-refractivity contribution in [2.24, 2.45) is 0 Å². The second-order valence-electron chi connectivity index (χ2n) is 8.98. The van der Waals surface area contributed by atoms with Gasteiger partial charge >= 0.3 is 0 Å². The van der Waals surface area contributed by atoms with Crippen molar-refractivity contribution < 1.29 is 14.3 Å². The molecule has 1 aliphatic carbocycles. The zero-order valence-corrected chi connectivity index (χ0v) is 19.8. The zero-order chi connectivity index (χ0) is 23.1. The van der Waals surface area contributed by atoms with Crippen LogP contribution in [0.25, 0.3) is 0 Å². The summed E-state index contributed by atoms with van der Waals surface area (Å²) >= 11 is 0. The standard InChI is InChI=1S/C27H36N2O3/c1-19-16-20(2)21(3)25(17-19)32-18-26(30)29(15-14-23-10-6-5-7-11-23)22(4)27(31)28-24-12-8-9-13-24/h5-7,10-11,16-17,22,24H,8-9,12-15,18H2,1-4H3,(H,28,31)/t22-/m1/s1. The molecular weight excluding hydrogens is 400 g/mol. The van der Waals surface area contributed by atoms with Crippen LogP contribution in [0.2, 0.25) is 0 Å². The summed E-state index contributed by atoms with van der Waals surface area (Å²) in [5, 5.41) is 3.14. The summed E-state index contributed by atoms with van der Waals surface area (Å²) in [6, 6.07) is 13.8. The van der Waals surface area contributed by atoms with Gasteiger partial charge in [-0.25, -0.2) is 0 Å². The van der Waals surface area contributed by atoms with Gasteiger partial charge in [0, 0.05) is 12.6 Å². The van der Waals surface area contributed by atoms with Gasteiger partial charge in [-0.3, -0.25) is 9.59 Å². The Labute approximate surface area is 192 Å². The van der Waals surface area contributed by atoms with E-state index in [9.17, 15) is 9.59 Å². The zero-order valence-electron chi connectivity index (χ0n) is 19.8. The molecule has 5 heteroatoms. The Kier molecular flexibility index (Phi) is 8.32. The topological polar surface area (TPSA) is 58.6 Å². The molecule has 0 saturated heterocycles. The maximum absolute atomic E-state index is 13.2. The van der Waals surface area contributed by atoms with Crippen molar-refractivity contribution in [2.75, 3.05) is 13.2 Å². The molecule has 0 bridgehead atoms. The van der Waals surface area contributed by atoms with Gasteiger partial charge in [-0.2, -0.15) is 0 Å². The Morgan fingerprint density at radius 2 is 1.78 bits per heavy atom. The van der Waals surface area contributed by atoms with Crippen molar-refractivity contribution in [3.05, 3.63) is 64.7 Å². The van der Waals surface area contributed by atoms with E-state index in [-0.39, 0.29) is 24.5 Å². The summed E-state index contributed by atoms with van der Waals surface area (Å²) in [4.78, 5) is 27.8. The van der Waals surface area contributed by atoms with Crippen molar-refractivity contribution in [1.82, 2.24) is 10.2 Å². The number of aryl methyl sites for hydroxylation is 2. The third-order valence-electron chi connectivity index (χ3n) is 6.47. The van der Waals surface area contributed by atoms with Crippen LogP contribution in [0, 0.1) is 20.8 Å². The van der Waals surface area contributed by atoms with Gasteiger partial charge < -0.3 is 15.0 Å². The Morgan fingerprint density at radius 3 is 2.47 bits per heavy atom. The lowest BCUT2D eigenvalue weighted by Crippen LogP contribution is -2.51. The number of nitrogens with one attached hydrogen (secondary N) is 1. The monoisotopic (exact) mass is 436 g/mol. The lowest BCUT2D eigenvalue weighted by Gasteiger charge is -2.29. The molecule has 32 heavy (non-hydrogen) atoms. The summed E-state index contributed by atoms with van der Waals surface area (Å²) in [5.41, 5.74) is 4.41. The van der Waals surface area contributed by atoms with Crippen LogP contribution in [0.15, 0.2) is 42.5 Å². The maximum Gasteiger partial charge on any atom is 0.261 e. The van der Waals surface area contributed by atoms with Crippen LogP contribution < -0.4 is 10.1 Å². The lowest BCUT2D eigenvalue weighted by molar-refractivity contribution is -0.141. The highest BCUT2D eigenvalue weighted by molar-refractivity contribution is 5.88. The number of hydrogen-bond acceptors (Lipinski definition) is 3. The largest absolute Gasteiger partial charge is 0.483 e. The van der Waals surface area contributed by atoms with Crippen molar-refractivity contribution in [2.45, 2.75) is 71.9 Å². The molecule has 3 rings (SSSR count). The Bertz CT molecular complexity index is 920. The number of rotatable bonds is 9. The van der Waals surface area contributed by atoms with Crippen molar-refractivity contribution in [1.29, 1.82) is 0 Å². The molecule has 0 heterocycles. The molecule has 0 aromatic heterocycles. The van der Waals surface area contributed by atoms with E-state index in [1.165, 1.54) is 0 Å². The van der Waals surface area contributed by atoms with Crippen LogP contribution in [0.3, 0.4) is 0 Å². The summed E-state index contributed by atoms with van der Waals surface area (Å²) in [7, 11) is 0. The van der Waals surface area contributed by atoms with Gasteiger partial charge in [0.05, 0.1) is 0 Å². The van der Waals surface area contributed by atoms with Gasteiger partial charge in [0.2, 0.25) is 5.91 Å². The minimum Gasteiger partial charge on any atom is -0.483 e. The van der Waals surface area contributed by atoms with Crippen LogP contribution in [-0.4, -0.2) is 41.9 Å². The molecule has 2 aromatic rings. The van der Waals surface area contributed by atoms with Crippen LogP contribution >= 0.6 is 0 Å². The first-order chi connectivity index (χ1) is 15.3. The lowest BCUT2D eigenvalue weighted by atomic mass is 10.1. The second-order valence-corrected chi connectivity index (χ2v) is 8.98. The molecule has 5 nitrogen and oxygen atoms in total. The summed E-state index contributed by atoms with van der Waals surface area (Å²) in [6.45, 7) is 8.26. The molecule has 0 spiro atoms. The van der Waals surface area contributed by atoms with E-state index in [1.807, 2.05) is 64.1 Å². The van der Waals surface area contributed by atoms with E-state index in [4.69, 9.17) is 4.74 Å². The molecule has 1 N–H and O–H groups in total. The fraction of sp³-hybridized carbons (Fsp3) is 0.481. The molecule has 0 radical (unpaired) electrons. The highest BCUT2D eigenvalue weighted by Gasteiger charge is 2.28. The minimum atomic E-state index is -0.546. The van der Waals surface area contributed by atoms with Gasteiger partial charge in [0.15, 0.2) is 6.61 Å². The van der Waals surface area contributed by atoms with Crippen molar-refractivity contribution >= 4 is 11.8 Å². The molecule has 172 valence electrons. The Hall–Kier alpha value is -2.82. The van der Waals surface area contributed by atoms with Crippen LogP contribution in [0.1, 0.15) is 54.9 Å². The molecule has 0 aliphatic heterocycles. The molecule has 1 atom stereocenters. The molecule has 0 unspecified atom stereocenters. The fourth-order valence-corrected chi connectivity index (χ4v) is 4.34. The third kappa shape index (κ3) is 6.35. The van der Waals surface area contributed by atoms with E-state index in [2.05, 4.69) is 11.4 Å². The van der Waals surface area contributed by atoms with Gasteiger partial charge in [0.25, 0.3) is 5.91 Å². The van der Waals surface area contributed by atoms with Gasteiger partial charge in [0.1, 0.15) is 11.8 Å². The molecule has 2 amide bonds. The van der Waals surface area contributed by atoms with E-state index >= 15 is 0 Å². The predicted molar refractivity (Wildman–Crippen MR) is 128 cm³/mol. The highest BCUT2D eigenvalue weighted by atomic mass is 16.5. The normalized spacial score (nSPS) is 14.8. The second kappa shape index (κ2) is 11.2. The van der Waals surface area contributed by atoms with Gasteiger partial charge in [-0.1, -0.05) is 49.2 Å². The number of hydrogen-bond donors (Lipinski definition) is 1. The first-order valence-corrected chi connectivity index (χ1v) is 11.7. The summed E-state index contributed by atoms with van der Waals surface area (Å²) in [5.74, 6) is 0.469. The van der Waals surface area contributed by atoms with Gasteiger partial charge in [-0.05, 0) is 75.3 Å². The highest BCUT2D eigenvalue weighted by Crippen LogP contribution is 2.23. The first kappa shape index (κ1) is 23.8. The van der Waals surface area contributed by atoms with E-state index in [1.54, 1.807) is 4.90 Å². The maximum atomic E-state index is 13.2. The smallest absolute Gasteiger partial charge is 0.261 e. The summed E-state index contributed by atoms with van der Waals surface area (Å²) in [6.07, 6.45) is 5.03.